The van der Waals surface area contributed by atoms with E-state index in [0.29, 0.717) is 61.0 Å². The number of fused-ring (bicyclic) bond motifs is 1. The SMILES string of the molecule is CC1COCCN1c1cc(C2(C)CCCS2(=O)=O)nc(-c2cc(F)cc3[nH]ccc23)n1. The normalized spacial score (nSPS) is 25.9. The number of morpholine rings is 1. The van der Waals surface area contributed by atoms with Gasteiger partial charge >= 0.3 is 0 Å². The molecule has 164 valence electrons. The van der Waals surface area contributed by atoms with Crippen molar-refractivity contribution in [3.05, 3.63) is 42.0 Å². The molecule has 1 N–H and O–H groups in total. The minimum atomic E-state index is -3.35. The molecule has 2 aliphatic rings. The molecule has 2 saturated heterocycles. The summed E-state index contributed by atoms with van der Waals surface area (Å²) in [6.45, 7) is 5.55. The summed E-state index contributed by atoms with van der Waals surface area (Å²) in [6.07, 6.45) is 2.85. The van der Waals surface area contributed by atoms with Crippen LogP contribution >= 0.6 is 0 Å². The zero-order chi connectivity index (χ0) is 21.8. The minimum Gasteiger partial charge on any atom is -0.377 e. The van der Waals surface area contributed by atoms with E-state index < -0.39 is 20.4 Å². The molecule has 2 aromatic heterocycles. The standard InChI is InChI=1S/C22H25FN4O3S/c1-14-13-30-8-7-27(14)20-12-19(22(2)5-3-9-31(22,28)29)25-21(26-20)17-10-15(23)11-18-16(17)4-6-24-18/h4,6,10-12,14,24H,3,5,7-9,13H2,1-2H3. The zero-order valence-corrected chi connectivity index (χ0v) is 18.4. The molecule has 0 aliphatic carbocycles. The fraction of sp³-hybridized carbons (Fsp3) is 0.455. The quantitative estimate of drug-likeness (QED) is 0.666. The van der Waals surface area contributed by atoms with Crippen LogP contribution in [-0.4, -0.2) is 54.9 Å². The zero-order valence-electron chi connectivity index (χ0n) is 17.6. The maximum absolute atomic E-state index is 14.4. The number of nitrogens with zero attached hydrogens (tertiary/aromatic N) is 3. The highest BCUT2D eigenvalue weighted by atomic mass is 32.2. The maximum atomic E-state index is 14.4. The van der Waals surface area contributed by atoms with Gasteiger partial charge < -0.3 is 14.6 Å². The third-order valence-corrected chi connectivity index (χ3v) is 9.16. The number of hydrogen-bond acceptors (Lipinski definition) is 6. The van der Waals surface area contributed by atoms with E-state index in [1.54, 1.807) is 19.2 Å². The van der Waals surface area contributed by atoms with Gasteiger partial charge in [-0.2, -0.15) is 0 Å². The summed E-state index contributed by atoms with van der Waals surface area (Å²) in [5, 5.41) is 0.791. The largest absolute Gasteiger partial charge is 0.377 e. The lowest BCUT2D eigenvalue weighted by molar-refractivity contribution is 0.0985. The van der Waals surface area contributed by atoms with Crippen LogP contribution in [0.4, 0.5) is 10.2 Å². The summed E-state index contributed by atoms with van der Waals surface area (Å²) in [5.74, 6) is 0.722. The van der Waals surface area contributed by atoms with Crippen LogP contribution in [0.2, 0.25) is 0 Å². The molecule has 7 nitrogen and oxygen atoms in total. The van der Waals surface area contributed by atoms with Gasteiger partial charge in [-0.05, 0) is 44.9 Å². The van der Waals surface area contributed by atoms with Gasteiger partial charge in [0.15, 0.2) is 15.7 Å². The molecule has 2 unspecified atom stereocenters. The predicted octanol–water partition coefficient (Wildman–Crippen LogP) is 3.41. The fourth-order valence-corrected chi connectivity index (χ4v) is 6.48. The molecule has 4 heterocycles. The Balaban J connectivity index is 1.75. The summed E-state index contributed by atoms with van der Waals surface area (Å²) in [6, 6.07) is 6.56. The molecule has 1 aromatic carbocycles. The molecule has 31 heavy (non-hydrogen) atoms. The molecule has 2 atom stereocenters. The van der Waals surface area contributed by atoms with Crippen LogP contribution < -0.4 is 4.90 Å². The van der Waals surface area contributed by atoms with E-state index in [2.05, 4.69) is 9.88 Å². The third-order valence-electron chi connectivity index (χ3n) is 6.54. The van der Waals surface area contributed by atoms with E-state index in [0.717, 1.165) is 5.39 Å². The monoisotopic (exact) mass is 444 g/mol. The van der Waals surface area contributed by atoms with E-state index in [1.165, 1.54) is 12.1 Å². The molecule has 2 fully saturated rings. The van der Waals surface area contributed by atoms with Gasteiger partial charge in [-0.1, -0.05) is 0 Å². The Bertz CT molecular complexity index is 1260. The number of rotatable bonds is 3. The molecule has 0 spiro atoms. The van der Waals surface area contributed by atoms with Gasteiger partial charge in [-0.25, -0.2) is 22.8 Å². The number of aromatic amines is 1. The number of anilines is 1. The fourth-order valence-electron chi connectivity index (χ4n) is 4.62. The van der Waals surface area contributed by atoms with Gasteiger partial charge in [0.05, 0.1) is 30.7 Å². The molecule has 3 aromatic rings. The second-order valence-electron chi connectivity index (χ2n) is 8.60. The Morgan fingerprint density at radius 1 is 1.29 bits per heavy atom. The topological polar surface area (TPSA) is 88.2 Å². The van der Waals surface area contributed by atoms with Crippen molar-refractivity contribution in [1.82, 2.24) is 15.0 Å². The molecule has 0 amide bonds. The second kappa shape index (κ2) is 7.27. The van der Waals surface area contributed by atoms with Crippen LogP contribution in [0.1, 0.15) is 32.4 Å². The first-order valence-electron chi connectivity index (χ1n) is 10.5. The summed E-state index contributed by atoms with van der Waals surface area (Å²) in [4.78, 5) is 14.6. The first kappa shape index (κ1) is 20.4. The highest BCUT2D eigenvalue weighted by Gasteiger charge is 2.46. The summed E-state index contributed by atoms with van der Waals surface area (Å²) in [7, 11) is -3.35. The Labute approximate surface area is 180 Å². The van der Waals surface area contributed by atoms with Crippen molar-refractivity contribution in [2.75, 3.05) is 30.4 Å². The van der Waals surface area contributed by atoms with Gasteiger partial charge in [0.1, 0.15) is 16.4 Å². The predicted molar refractivity (Wildman–Crippen MR) is 117 cm³/mol. The third kappa shape index (κ3) is 3.30. The summed E-state index contributed by atoms with van der Waals surface area (Å²) in [5.41, 5.74) is 1.65. The first-order valence-corrected chi connectivity index (χ1v) is 12.2. The van der Waals surface area contributed by atoms with E-state index in [9.17, 15) is 12.8 Å². The van der Waals surface area contributed by atoms with E-state index >= 15 is 0 Å². The van der Waals surface area contributed by atoms with E-state index in [1.807, 2.05) is 13.0 Å². The number of sulfone groups is 1. The van der Waals surface area contributed by atoms with Crippen molar-refractivity contribution in [3.8, 4) is 11.4 Å². The van der Waals surface area contributed by atoms with Crippen molar-refractivity contribution in [1.29, 1.82) is 0 Å². The average Bonchev–Trinajstić information content (AvgIpc) is 3.31. The number of hydrogen-bond donors (Lipinski definition) is 1. The van der Waals surface area contributed by atoms with Gasteiger partial charge in [0.25, 0.3) is 0 Å². The minimum absolute atomic E-state index is 0.0807. The smallest absolute Gasteiger partial charge is 0.162 e. The molecule has 2 aliphatic heterocycles. The molecule has 5 rings (SSSR count). The Morgan fingerprint density at radius 3 is 2.87 bits per heavy atom. The van der Waals surface area contributed by atoms with Gasteiger partial charge in [-0.15, -0.1) is 0 Å². The Hall–Kier alpha value is -2.52. The van der Waals surface area contributed by atoms with Crippen LogP contribution in [0.3, 0.4) is 0 Å². The van der Waals surface area contributed by atoms with Crippen molar-refractivity contribution in [3.63, 3.8) is 0 Å². The highest BCUT2D eigenvalue weighted by molar-refractivity contribution is 7.92. The van der Waals surface area contributed by atoms with Crippen molar-refractivity contribution in [2.24, 2.45) is 0 Å². The highest BCUT2D eigenvalue weighted by Crippen LogP contribution is 2.42. The number of aromatic nitrogens is 3. The van der Waals surface area contributed by atoms with Crippen molar-refractivity contribution in [2.45, 2.75) is 37.5 Å². The van der Waals surface area contributed by atoms with Crippen LogP contribution in [0.25, 0.3) is 22.3 Å². The maximum Gasteiger partial charge on any atom is 0.162 e. The lowest BCUT2D eigenvalue weighted by Gasteiger charge is -2.35. The number of benzene rings is 1. The van der Waals surface area contributed by atoms with Gasteiger partial charge in [-0.3, -0.25) is 0 Å². The van der Waals surface area contributed by atoms with E-state index in [4.69, 9.17) is 14.7 Å². The summed E-state index contributed by atoms with van der Waals surface area (Å²) >= 11 is 0. The molecule has 0 saturated carbocycles. The molecular weight excluding hydrogens is 419 g/mol. The van der Waals surface area contributed by atoms with Crippen LogP contribution in [0, 0.1) is 5.82 Å². The second-order valence-corrected chi connectivity index (χ2v) is 11.1. The number of nitrogens with one attached hydrogen (secondary N) is 1. The lowest BCUT2D eigenvalue weighted by atomic mass is 10.00. The molecule has 9 heteroatoms. The van der Waals surface area contributed by atoms with Gasteiger partial charge in [0, 0.05) is 35.3 Å². The molecular formula is C22H25FN4O3S. The van der Waals surface area contributed by atoms with Crippen molar-refractivity contribution < 1.29 is 17.5 Å². The Morgan fingerprint density at radius 2 is 2.13 bits per heavy atom. The molecule has 0 bridgehead atoms. The molecule has 0 radical (unpaired) electrons. The van der Waals surface area contributed by atoms with Crippen LogP contribution in [0.15, 0.2) is 30.5 Å². The van der Waals surface area contributed by atoms with Gasteiger partial charge in [0.2, 0.25) is 0 Å². The summed E-state index contributed by atoms with van der Waals surface area (Å²) < 4.78 is 44.8. The van der Waals surface area contributed by atoms with E-state index in [-0.39, 0.29) is 11.8 Å². The number of H-pyrrole nitrogens is 1. The average molecular weight is 445 g/mol. The lowest BCUT2D eigenvalue weighted by Crippen LogP contribution is -2.44. The van der Waals surface area contributed by atoms with Crippen LogP contribution in [0.5, 0.6) is 0 Å². The first-order chi connectivity index (χ1) is 14.8. The number of halogens is 1. The number of ether oxygens (including phenoxy) is 1. The Kier molecular flexibility index (Phi) is 4.78. The van der Waals surface area contributed by atoms with Crippen molar-refractivity contribution >= 4 is 26.6 Å². The van der Waals surface area contributed by atoms with Crippen LogP contribution in [-0.2, 0) is 19.3 Å².